The maximum Gasteiger partial charge on any atom is 0.306 e. The average molecular weight is 380 g/mol. The third-order valence-corrected chi connectivity index (χ3v) is 5.27. The zero-order valence-electron chi connectivity index (χ0n) is 15.2. The number of piperidine rings is 1. The molecule has 3 heterocycles. The molecule has 0 radical (unpaired) electrons. The van der Waals surface area contributed by atoms with E-state index in [0.29, 0.717) is 38.0 Å². The number of hydrogen-bond acceptors (Lipinski definition) is 5. The van der Waals surface area contributed by atoms with Crippen molar-refractivity contribution < 1.29 is 14.8 Å². The molecule has 8 heteroatoms. The van der Waals surface area contributed by atoms with Crippen LogP contribution in [0, 0.1) is 16.0 Å². The Morgan fingerprint density at radius 3 is 2.71 bits per heavy atom. The van der Waals surface area contributed by atoms with Crippen LogP contribution in [-0.4, -0.2) is 43.4 Å². The first kappa shape index (κ1) is 18.1. The lowest BCUT2D eigenvalue weighted by Crippen LogP contribution is -2.36. The largest absolute Gasteiger partial charge is 0.481 e. The van der Waals surface area contributed by atoms with E-state index in [9.17, 15) is 20.0 Å². The van der Waals surface area contributed by atoms with E-state index >= 15 is 0 Å². The van der Waals surface area contributed by atoms with Crippen LogP contribution in [0.5, 0.6) is 0 Å². The maximum absolute atomic E-state index is 11.2. The van der Waals surface area contributed by atoms with Crippen molar-refractivity contribution in [1.82, 2.24) is 14.3 Å². The number of carboxylic acid groups (broad SMARTS) is 1. The minimum Gasteiger partial charge on any atom is -0.481 e. The van der Waals surface area contributed by atoms with Crippen LogP contribution in [0.25, 0.3) is 16.9 Å². The molecule has 0 bridgehead atoms. The molecule has 0 spiro atoms. The molecule has 1 aromatic carbocycles. The monoisotopic (exact) mass is 380 g/mol. The Hall–Kier alpha value is -3.26. The first-order valence-corrected chi connectivity index (χ1v) is 9.19. The second kappa shape index (κ2) is 7.40. The Balaban J connectivity index is 1.69. The van der Waals surface area contributed by atoms with E-state index in [0.717, 1.165) is 17.0 Å². The summed E-state index contributed by atoms with van der Waals surface area (Å²) in [6.45, 7) is 2.01. The fourth-order valence-electron chi connectivity index (χ4n) is 3.75. The fraction of sp³-hybridized carbons (Fsp3) is 0.300. The Kier molecular flexibility index (Phi) is 4.79. The number of imidazole rings is 1. The molecule has 1 N–H and O–H groups in total. The van der Waals surface area contributed by atoms with E-state index in [4.69, 9.17) is 4.98 Å². The normalized spacial score (nSPS) is 15.7. The van der Waals surface area contributed by atoms with E-state index in [1.165, 1.54) is 6.07 Å². The molecule has 1 aliphatic heterocycles. The molecule has 1 aliphatic rings. The molecular formula is C20H20N4O4. The number of carbonyl (C=O) groups is 1. The number of nitro groups is 1. The number of aromatic nitrogens is 2. The molecule has 2 aromatic heterocycles. The number of benzene rings is 1. The van der Waals surface area contributed by atoms with Crippen LogP contribution in [0.15, 0.2) is 48.7 Å². The standard InChI is InChI=1S/C20H20N4O4/c25-20(26)14-7-10-22(11-8-14)13-17-19(21-18-6-1-2-9-23(17)18)15-4-3-5-16(12-15)24(27)28/h1-6,9,12,14H,7-8,10-11,13H2,(H,25,26). The summed E-state index contributed by atoms with van der Waals surface area (Å²) < 4.78 is 2.00. The van der Waals surface area contributed by atoms with Crippen LogP contribution in [0.2, 0.25) is 0 Å². The summed E-state index contributed by atoms with van der Waals surface area (Å²) in [5, 5.41) is 20.4. The van der Waals surface area contributed by atoms with Gasteiger partial charge in [-0.1, -0.05) is 18.2 Å². The fourth-order valence-corrected chi connectivity index (χ4v) is 3.75. The minimum atomic E-state index is -0.730. The summed E-state index contributed by atoms with van der Waals surface area (Å²) in [6, 6.07) is 12.2. The minimum absolute atomic E-state index is 0.0304. The second-order valence-electron chi connectivity index (χ2n) is 7.03. The van der Waals surface area contributed by atoms with E-state index in [2.05, 4.69) is 4.90 Å². The molecule has 0 unspecified atom stereocenters. The Labute approximate surface area is 161 Å². The summed E-state index contributed by atoms with van der Waals surface area (Å²) in [6.07, 6.45) is 3.18. The van der Waals surface area contributed by atoms with Crippen molar-refractivity contribution in [3.05, 3.63) is 64.5 Å². The van der Waals surface area contributed by atoms with Crippen molar-refractivity contribution in [2.24, 2.45) is 5.92 Å². The zero-order chi connectivity index (χ0) is 19.7. The summed E-state index contributed by atoms with van der Waals surface area (Å²) in [5.41, 5.74) is 3.18. The molecular weight excluding hydrogens is 360 g/mol. The summed E-state index contributed by atoms with van der Waals surface area (Å²) in [5.74, 6) is -1.01. The van der Waals surface area contributed by atoms with Crippen LogP contribution >= 0.6 is 0 Å². The molecule has 1 fully saturated rings. The smallest absolute Gasteiger partial charge is 0.306 e. The Morgan fingerprint density at radius 2 is 2.00 bits per heavy atom. The van der Waals surface area contributed by atoms with Crippen molar-refractivity contribution in [2.75, 3.05) is 13.1 Å². The van der Waals surface area contributed by atoms with Gasteiger partial charge in [0.2, 0.25) is 0 Å². The number of likely N-dealkylation sites (tertiary alicyclic amines) is 1. The molecule has 0 saturated carbocycles. The van der Waals surface area contributed by atoms with E-state index in [1.54, 1.807) is 12.1 Å². The third kappa shape index (κ3) is 3.46. The van der Waals surface area contributed by atoms with Gasteiger partial charge < -0.3 is 9.51 Å². The van der Waals surface area contributed by atoms with E-state index < -0.39 is 10.9 Å². The van der Waals surface area contributed by atoms with Gasteiger partial charge in [-0.3, -0.25) is 19.8 Å². The van der Waals surface area contributed by atoms with Gasteiger partial charge in [0.05, 0.1) is 22.2 Å². The van der Waals surface area contributed by atoms with Gasteiger partial charge in [-0.2, -0.15) is 0 Å². The zero-order valence-corrected chi connectivity index (χ0v) is 15.2. The number of aliphatic carboxylic acids is 1. The number of nitro benzene ring substituents is 1. The van der Waals surface area contributed by atoms with Crippen molar-refractivity contribution in [2.45, 2.75) is 19.4 Å². The van der Waals surface area contributed by atoms with Gasteiger partial charge in [0.25, 0.3) is 5.69 Å². The first-order valence-electron chi connectivity index (χ1n) is 9.19. The number of fused-ring (bicyclic) bond motifs is 1. The Bertz CT molecular complexity index is 1040. The Morgan fingerprint density at radius 1 is 1.21 bits per heavy atom. The summed E-state index contributed by atoms with van der Waals surface area (Å²) >= 11 is 0. The SMILES string of the molecule is O=C(O)C1CCN(Cc2c(-c3cccc([N+](=O)[O-])c3)nc3ccccn23)CC1. The van der Waals surface area contributed by atoms with Crippen LogP contribution in [0.1, 0.15) is 18.5 Å². The highest BCUT2D eigenvalue weighted by molar-refractivity contribution is 5.70. The number of non-ortho nitro benzene ring substituents is 1. The highest BCUT2D eigenvalue weighted by Crippen LogP contribution is 2.29. The molecule has 8 nitrogen and oxygen atoms in total. The van der Waals surface area contributed by atoms with Crippen LogP contribution < -0.4 is 0 Å². The summed E-state index contributed by atoms with van der Waals surface area (Å²) in [7, 11) is 0. The predicted octanol–water partition coefficient (Wildman–Crippen LogP) is 3.21. The highest BCUT2D eigenvalue weighted by Gasteiger charge is 2.26. The topological polar surface area (TPSA) is 101 Å². The number of rotatable bonds is 5. The van der Waals surface area contributed by atoms with Crippen LogP contribution in [-0.2, 0) is 11.3 Å². The summed E-state index contributed by atoms with van der Waals surface area (Å²) in [4.78, 5) is 28.9. The number of nitrogens with zero attached hydrogens (tertiary/aromatic N) is 4. The second-order valence-corrected chi connectivity index (χ2v) is 7.03. The molecule has 1 saturated heterocycles. The van der Waals surface area contributed by atoms with Crippen LogP contribution in [0.4, 0.5) is 5.69 Å². The van der Waals surface area contributed by atoms with Gasteiger partial charge in [-0.05, 0) is 38.1 Å². The maximum atomic E-state index is 11.2. The number of pyridine rings is 1. The van der Waals surface area contributed by atoms with Gasteiger partial charge in [0.1, 0.15) is 5.65 Å². The number of carboxylic acids is 1. The molecule has 0 amide bonds. The van der Waals surface area contributed by atoms with Gasteiger partial charge in [0, 0.05) is 30.4 Å². The van der Waals surface area contributed by atoms with Crippen LogP contribution in [0.3, 0.4) is 0 Å². The van der Waals surface area contributed by atoms with Gasteiger partial charge in [0.15, 0.2) is 0 Å². The van der Waals surface area contributed by atoms with Gasteiger partial charge in [-0.25, -0.2) is 4.98 Å². The lowest BCUT2D eigenvalue weighted by Gasteiger charge is -2.30. The van der Waals surface area contributed by atoms with Crippen molar-refractivity contribution in [3.8, 4) is 11.3 Å². The molecule has 3 aromatic rings. The van der Waals surface area contributed by atoms with Crippen molar-refractivity contribution >= 4 is 17.3 Å². The molecule has 0 aliphatic carbocycles. The van der Waals surface area contributed by atoms with Gasteiger partial charge >= 0.3 is 5.97 Å². The molecule has 28 heavy (non-hydrogen) atoms. The van der Waals surface area contributed by atoms with Crippen molar-refractivity contribution in [3.63, 3.8) is 0 Å². The quantitative estimate of drug-likeness (QED) is 0.539. The molecule has 144 valence electrons. The lowest BCUT2D eigenvalue weighted by atomic mass is 9.97. The number of hydrogen-bond donors (Lipinski definition) is 1. The van der Waals surface area contributed by atoms with Crippen molar-refractivity contribution in [1.29, 1.82) is 0 Å². The molecule has 0 atom stereocenters. The average Bonchev–Trinajstić information content (AvgIpc) is 3.07. The van der Waals surface area contributed by atoms with E-state index in [1.807, 2.05) is 34.9 Å². The van der Waals surface area contributed by atoms with Gasteiger partial charge in [-0.15, -0.1) is 0 Å². The highest BCUT2D eigenvalue weighted by atomic mass is 16.6. The predicted molar refractivity (Wildman–Crippen MR) is 103 cm³/mol. The first-order chi connectivity index (χ1) is 13.5. The van der Waals surface area contributed by atoms with E-state index in [-0.39, 0.29) is 11.6 Å². The third-order valence-electron chi connectivity index (χ3n) is 5.27. The lowest BCUT2D eigenvalue weighted by molar-refractivity contribution is -0.384. The molecule has 4 rings (SSSR count).